The van der Waals surface area contributed by atoms with Gasteiger partial charge in [0, 0.05) is 12.1 Å². The van der Waals surface area contributed by atoms with Crippen molar-refractivity contribution in [3.05, 3.63) is 60.2 Å². The van der Waals surface area contributed by atoms with Crippen LogP contribution in [0.1, 0.15) is 17.3 Å². The zero-order valence-corrected chi connectivity index (χ0v) is 13.2. The average Bonchev–Trinajstić information content (AvgIpc) is 2.61. The first-order valence-electron chi connectivity index (χ1n) is 7.50. The van der Waals surface area contributed by atoms with Crippen molar-refractivity contribution in [2.75, 3.05) is 13.1 Å². The number of amides is 3. The Kier molecular flexibility index (Phi) is 5.68. The number of carboxylic acid groups (broad SMARTS) is 1. The van der Waals surface area contributed by atoms with Crippen LogP contribution in [-0.4, -0.2) is 41.0 Å². The van der Waals surface area contributed by atoms with Gasteiger partial charge in [-0.2, -0.15) is 0 Å². The van der Waals surface area contributed by atoms with Gasteiger partial charge in [-0.1, -0.05) is 42.5 Å². The number of rotatable bonds is 5. The minimum absolute atomic E-state index is 0.139. The van der Waals surface area contributed by atoms with Crippen LogP contribution in [0.15, 0.2) is 54.6 Å². The van der Waals surface area contributed by atoms with E-state index in [0.29, 0.717) is 5.56 Å². The molecule has 6 nitrogen and oxygen atoms in total. The van der Waals surface area contributed by atoms with Crippen molar-refractivity contribution in [2.24, 2.45) is 0 Å². The summed E-state index contributed by atoms with van der Waals surface area (Å²) in [7, 11) is 0. The molecule has 0 aromatic heterocycles. The van der Waals surface area contributed by atoms with E-state index in [1.54, 1.807) is 25.1 Å². The largest absolute Gasteiger partial charge is 0.480 e. The number of benzene rings is 2. The third-order valence-electron chi connectivity index (χ3n) is 3.41. The van der Waals surface area contributed by atoms with Crippen LogP contribution in [0.3, 0.4) is 0 Å². The summed E-state index contributed by atoms with van der Waals surface area (Å²) in [5, 5.41) is 10.8. The minimum Gasteiger partial charge on any atom is -0.480 e. The van der Waals surface area contributed by atoms with Gasteiger partial charge in [-0.3, -0.25) is 14.5 Å². The summed E-state index contributed by atoms with van der Waals surface area (Å²) in [5.74, 6) is -1.64. The molecule has 2 N–H and O–H groups in total. The summed E-state index contributed by atoms with van der Waals surface area (Å²) < 4.78 is 0. The number of carbonyl (C=O) groups is 3. The second-order valence-corrected chi connectivity index (χ2v) is 5.05. The second-order valence-electron chi connectivity index (χ2n) is 5.05. The second kappa shape index (κ2) is 7.92. The van der Waals surface area contributed by atoms with E-state index in [4.69, 9.17) is 5.11 Å². The summed E-state index contributed by atoms with van der Waals surface area (Å²) in [4.78, 5) is 36.1. The third kappa shape index (κ3) is 4.19. The Labute approximate surface area is 139 Å². The molecule has 124 valence electrons. The van der Waals surface area contributed by atoms with Crippen LogP contribution in [0.5, 0.6) is 0 Å². The van der Waals surface area contributed by atoms with Crippen molar-refractivity contribution < 1.29 is 19.5 Å². The molecule has 0 radical (unpaired) electrons. The van der Waals surface area contributed by atoms with Crippen LogP contribution >= 0.6 is 0 Å². The lowest BCUT2D eigenvalue weighted by atomic mass is 10.0. The van der Waals surface area contributed by atoms with Gasteiger partial charge in [0.1, 0.15) is 6.54 Å². The Morgan fingerprint density at radius 1 is 1.00 bits per heavy atom. The van der Waals surface area contributed by atoms with Crippen LogP contribution in [0.4, 0.5) is 4.79 Å². The van der Waals surface area contributed by atoms with Crippen molar-refractivity contribution in [1.29, 1.82) is 0 Å². The number of hydrogen-bond acceptors (Lipinski definition) is 3. The van der Waals surface area contributed by atoms with E-state index < -0.39 is 24.5 Å². The number of carboxylic acids is 1. The number of urea groups is 1. The first-order valence-corrected chi connectivity index (χ1v) is 7.50. The number of carbonyl (C=O) groups excluding carboxylic acids is 2. The smallest absolute Gasteiger partial charge is 0.324 e. The summed E-state index contributed by atoms with van der Waals surface area (Å²) >= 11 is 0. The molecule has 2 rings (SSSR count). The minimum atomic E-state index is -1.17. The summed E-state index contributed by atoms with van der Waals surface area (Å²) in [5.41, 5.74) is 2.19. The van der Waals surface area contributed by atoms with Gasteiger partial charge in [0.15, 0.2) is 0 Å². The summed E-state index contributed by atoms with van der Waals surface area (Å²) in [6.45, 7) is 1.26. The molecule has 2 aromatic carbocycles. The zero-order chi connectivity index (χ0) is 17.5. The van der Waals surface area contributed by atoms with E-state index in [2.05, 4.69) is 5.32 Å². The van der Waals surface area contributed by atoms with E-state index in [9.17, 15) is 14.4 Å². The topological polar surface area (TPSA) is 86.7 Å². The van der Waals surface area contributed by atoms with Gasteiger partial charge in [0.2, 0.25) is 0 Å². The molecule has 0 heterocycles. The monoisotopic (exact) mass is 326 g/mol. The molecule has 0 saturated heterocycles. The van der Waals surface area contributed by atoms with E-state index in [0.717, 1.165) is 16.0 Å². The first-order chi connectivity index (χ1) is 11.5. The van der Waals surface area contributed by atoms with Crippen molar-refractivity contribution in [2.45, 2.75) is 6.92 Å². The molecular formula is C18H18N2O4. The maximum Gasteiger partial charge on any atom is 0.324 e. The first kappa shape index (κ1) is 17.2. The predicted octanol–water partition coefficient (Wildman–Crippen LogP) is 2.61. The predicted molar refractivity (Wildman–Crippen MR) is 89.6 cm³/mol. The Balaban J connectivity index is 2.21. The molecule has 0 aliphatic rings. The van der Waals surface area contributed by atoms with Crippen LogP contribution in [-0.2, 0) is 4.79 Å². The summed E-state index contributed by atoms with van der Waals surface area (Å²) in [6, 6.07) is 15.8. The molecular weight excluding hydrogens is 308 g/mol. The number of hydrogen-bond donors (Lipinski definition) is 2. The highest BCUT2D eigenvalue weighted by molar-refractivity contribution is 6.05. The lowest BCUT2D eigenvalue weighted by Crippen LogP contribution is -2.45. The highest BCUT2D eigenvalue weighted by Crippen LogP contribution is 2.20. The van der Waals surface area contributed by atoms with E-state index >= 15 is 0 Å². The van der Waals surface area contributed by atoms with Gasteiger partial charge in [0.05, 0.1) is 0 Å². The Hall–Kier alpha value is -3.15. The third-order valence-corrected chi connectivity index (χ3v) is 3.41. The molecule has 6 heteroatoms. The molecule has 0 spiro atoms. The standard InChI is InChI=1S/C18H18N2O4/c1-2-20(18(24)19-12-16(21)22)17(23)15-10-6-9-14(11-15)13-7-4-3-5-8-13/h3-11H,2,12H2,1H3,(H,19,24)(H,21,22). The normalized spacial score (nSPS) is 10.0. The van der Waals surface area contributed by atoms with Gasteiger partial charge in [0.25, 0.3) is 5.91 Å². The molecule has 2 aromatic rings. The van der Waals surface area contributed by atoms with Gasteiger partial charge < -0.3 is 10.4 Å². The van der Waals surface area contributed by atoms with Crippen molar-refractivity contribution in [3.63, 3.8) is 0 Å². The SMILES string of the molecule is CCN(C(=O)NCC(=O)O)C(=O)c1cccc(-c2ccccc2)c1. The van der Waals surface area contributed by atoms with Crippen LogP contribution in [0.2, 0.25) is 0 Å². The molecule has 0 fully saturated rings. The number of imide groups is 1. The molecule has 0 atom stereocenters. The van der Waals surface area contributed by atoms with E-state index in [1.807, 2.05) is 36.4 Å². The molecule has 0 aliphatic heterocycles. The van der Waals surface area contributed by atoms with E-state index in [-0.39, 0.29) is 6.54 Å². The Morgan fingerprint density at radius 3 is 2.29 bits per heavy atom. The lowest BCUT2D eigenvalue weighted by molar-refractivity contribution is -0.135. The highest BCUT2D eigenvalue weighted by Gasteiger charge is 2.21. The van der Waals surface area contributed by atoms with Gasteiger partial charge >= 0.3 is 12.0 Å². The van der Waals surface area contributed by atoms with Crippen LogP contribution < -0.4 is 5.32 Å². The summed E-state index contributed by atoms with van der Waals surface area (Å²) in [6.07, 6.45) is 0. The molecule has 0 aliphatic carbocycles. The van der Waals surface area contributed by atoms with Gasteiger partial charge in [-0.05, 0) is 30.2 Å². The molecule has 24 heavy (non-hydrogen) atoms. The fourth-order valence-electron chi connectivity index (χ4n) is 2.24. The van der Waals surface area contributed by atoms with Crippen molar-refractivity contribution in [1.82, 2.24) is 10.2 Å². The van der Waals surface area contributed by atoms with Crippen LogP contribution in [0, 0.1) is 0 Å². The number of nitrogens with zero attached hydrogens (tertiary/aromatic N) is 1. The maximum absolute atomic E-state index is 12.6. The van der Waals surface area contributed by atoms with Crippen molar-refractivity contribution >= 4 is 17.9 Å². The van der Waals surface area contributed by atoms with E-state index in [1.165, 1.54) is 0 Å². The molecule has 0 unspecified atom stereocenters. The molecule has 0 bridgehead atoms. The number of nitrogens with one attached hydrogen (secondary N) is 1. The zero-order valence-electron chi connectivity index (χ0n) is 13.2. The highest BCUT2D eigenvalue weighted by atomic mass is 16.4. The molecule has 3 amide bonds. The van der Waals surface area contributed by atoms with Gasteiger partial charge in [-0.25, -0.2) is 4.79 Å². The fourth-order valence-corrected chi connectivity index (χ4v) is 2.24. The molecule has 0 saturated carbocycles. The van der Waals surface area contributed by atoms with Crippen molar-refractivity contribution in [3.8, 4) is 11.1 Å². The lowest BCUT2D eigenvalue weighted by Gasteiger charge is -2.19. The maximum atomic E-state index is 12.6. The quantitative estimate of drug-likeness (QED) is 0.884. The number of aliphatic carboxylic acids is 1. The van der Waals surface area contributed by atoms with Gasteiger partial charge in [-0.15, -0.1) is 0 Å². The van der Waals surface area contributed by atoms with Crippen LogP contribution in [0.25, 0.3) is 11.1 Å². The Morgan fingerprint density at radius 2 is 1.67 bits per heavy atom. The fraction of sp³-hybridized carbons (Fsp3) is 0.167. The average molecular weight is 326 g/mol. The Bertz CT molecular complexity index is 744.